The number of nitrogens with one attached hydrogen (secondary N) is 1. The molecule has 6 heteroatoms. The highest BCUT2D eigenvalue weighted by Crippen LogP contribution is 2.21. The number of hydrogen-bond acceptors (Lipinski definition) is 3. The molecule has 2 aromatic rings. The molecule has 2 rings (SSSR count). The van der Waals surface area contributed by atoms with Gasteiger partial charge in [-0.2, -0.15) is 0 Å². The third-order valence-electron chi connectivity index (χ3n) is 2.54. The van der Waals surface area contributed by atoms with Crippen molar-refractivity contribution in [2.45, 2.75) is 6.54 Å². The molecule has 0 aliphatic carbocycles. The Morgan fingerprint density at radius 3 is 2.83 bits per heavy atom. The zero-order valence-electron chi connectivity index (χ0n) is 9.76. The van der Waals surface area contributed by atoms with Gasteiger partial charge in [0.1, 0.15) is 5.82 Å². The molecule has 94 valence electrons. The normalized spacial score (nSPS) is 10.3. The largest absolute Gasteiger partial charge is 0.378 e. The van der Waals surface area contributed by atoms with Crippen molar-refractivity contribution in [2.24, 2.45) is 7.05 Å². The molecular weight excluding hydrogens is 237 g/mol. The minimum absolute atomic E-state index is 0.132. The van der Waals surface area contributed by atoms with Crippen molar-refractivity contribution in [3.63, 3.8) is 0 Å². The molecule has 0 aliphatic rings. The van der Waals surface area contributed by atoms with Crippen molar-refractivity contribution >= 4 is 11.4 Å². The first kappa shape index (κ1) is 12.1. The molecule has 0 saturated carbocycles. The average Bonchev–Trinajstić information content (AvgIpc) is 2.74. The van der Waals surface area contributed by atoms with Crippen molar-refractivity contribution in [3.8, 4) is 0 Å². The van der Waals surface area contributed by atoms with Gasteiger partial charge >= 0.3 is 0 Å². The third-order valence-corrected chi connectivity index (χ3v) is 2.54. The highest BCUT2D eigenvalue weighted by atomic mass is 19.1. The van der Waals surface area contributed by atoms with E-state index in [1.54, 1.807) is 0 Å². The van der Waals surface area contributed by atoms with Crippen molar-refractivity contribution in [3.05, 3.63) is 58.2 Å². The number of nitro benzene ring substituents is 1. The quantitative estimate of drug-likeness (QED) is 0.669. The van der Waals surface area contributed by atoms with Crippen LogP contribution in [0.5, 0.6) is 0 Å². The van der Waals surface area contributed by atoms with Crippen LogP contribution in [-0.4, -0.2) is 9.49 Å². The molecule has 0 spiro atoms. The van der Waals surface area contributed by atoms with Crippen molar-refractivity contribution in [2.75, 3.05) is 5.32 Å². The summed E-state index contributed by atoms with van der Waals surface area (Å²) in [6.45, 7) is 0.416. The molecule has 0 saturated heterocycles. The van der Waals surface area contributed by atoms with E-state index in [9.17, 15) is 14.5 Å². The fourth-order valence-electron chi connectivity index (χ4n) is 1.63. The van der Waals surface area contributed by atoms with Gasteiger partial charge < -0.3 is 9.88 Å². The number of non-ortho nitro benzene ring substituents is 1. The lowest BCUT2D eigenvalue weighted by molar-refractivity contribution is -0.384. The zero-order valence-corrected chi connectivity index (χ0v) is 9.76. The fourth-order valence-corrected chi connectivity index (χ4v) is 1.63. The molecule has 0 aliphatic heterocycles. The zero-order chi connectivity index (χ0) is 13.1. The van der Waals surface area contributed by atoms with E-state index in [1.165, 1.54) is 6.07 Å². The number of aromatic nitrogens is 1. The van der Waals surface area contributed by atoms with Gasteiger partial charge in [-0.1, -0.05) is 0 Å². The smallest absolute Gasteiger partial charge is 0.271 e. The van der Waals surface area contributed by atoms with Crippen LogP contribution in [0.3, 0.4) is 0 Å². The number of nitrogens with zero attached hydrogens (tertiary/aromatic N) is 2. The van der Waals surface area contributed by atoms with E-state index in [4.69, 9.17) is 0 Å². The summed E-state index contributed by atoms with van der Waals surface area (Å²) >= 11 is 0. The van der Waals surface area contributed by atoms with E-state index in [0.717, 1.165) is 17.7 Å². The van der Waals surface area contributed by atoms with E-state index in [1.807, 2.05) is 30.1 Å². The van der Waals surface area contributed by atoms with Gasteiger partial charge in [0.2, 0.25) is 0 Å². The van der Waals surface area contributed by atoms with Gasteiger partial charge in [-0.3, -0.25) is 10.1 Å². The molecule has 0 amide bonds. The van der Waals surface area contributed by atoms with E-state index in [0.29, 0.717) is 6.54 Å². The highest BCUT2D eigenvalue weighted by Gasteiger charge is 2.10. The van der Waals surface area contributed by atoms with Crippen molar-refractivity contribution in [1.29, 1.82) is 0 Å². The Balaban J connectivity index is 2.13. The molecule has 0 radical (unpaired) electrons. The molecular formula is C12H12FN3O2. The van der Waals surface area contributed by atoms with Gasteiger partial charge in [0.05, 0.1) is 10.6 Å². The Bertz CT molecular complexity index is 580. The summed E-state index contributed by atoms with van der Waals surface area (Å²) in [4.78, 5) is 10.0. The summed E-state index contributed by atoms with van der Waals surface area (Å²) in [6, 6.07) is 5.31. The van der Waals surface area contributed by atoms with Crippen LogP contribution in [-0.2, 0) is 13.6 Å². The van der Waals surface area contributed by atoms with Crippen molar-refractivity contribution < 1.29 is 9.31 Å². The van der Waals surface area contributed by atoms with E-state index >= 15 is 0 Å². The number of nitro groups is 1. The van der Waals surface area contributed by atoms with Gasteiger partial charge in [-0.25, -0.2) is 4.39 Å². The predicted molar refractivity (Wildman–Crippen MR) is 65.8 cm³/mol. The lowest BCUT2D eigenvalue weighted by Gasteiger charge is -2.06. The summed E-state index contributed by atoms with van der Waals surface area (Å²) in [6.07, 6.45) is 3.77. The summed E-state index contributed by atoms with van der Waals surface area (Å²) in [7, 11) is 1.89. The maximum Gasteiger partial charge on any atom is 0.271 e. The van der Waals surface area contributed by atoms with E-state index in [-0.39, 0.29) is 11.4 Å². The molecule has 1 N–H and O–H groups in total. The first-order valence-electron chi connectivity index (χ1n) is 5.35. The first-order valence-corrected chi connectivity index (χ1v) is 5.35. The van der Waals surface area contributed by atoms with Gasteiger partial charge in [0.25, 0.3) is 5.69 Å². The molecule has 0 unspecified atom stereocenters. The second kappa shape index (κ2) is 4.87. The minimum atomic E-state index is -0.548. The SMILES string of the molecule is Cn1ccc(CNc2cc([N+](=O)[O-])ccc2F)c1. The summed E-state index contributed by atoms with van der Waals surface area (Å²) in [5.41, 5.74) is 0.975. The molecule has 1 aromatic heterocycles. The monoisotopic (exact) mass is 249 g/mol. The molecule has 5 nitrogen and oxygen atoms in total. The van der Waals surface area contributed by atoms with Crippen LogP contribution in [0.4, 0.5) is 15.8 Å². The first-order chi connectivity index (χ1) is 8.56. The minimum Gasteiger partial charge on any atom is -0.378 e. The maximum absolute atomic E-state index is 13.5. The maximum atomic E-state index is 13.5. The lowest BCUT2D eigenvalue weighted by Crippen LogP contribution is -2.01. The molecule has 0 bridgehead atoms. The van der Waals surface area contributed by atoms with E-state index < -0.39 is 10.7 Å². The number of aryl methyl sites for hydroxylation is 1. The fraction of sp³-hybridized carbons (Fsp3) is 0.167. The molecule has 1 aromatic carbocycles. The van der Waals surface area contributed by atoms with Crippen LogP contribution < -0.4 is 5.32 Å². The van der Waals surface area contributed by atoms with Crippen LogP contribution in [0.2, 0.25) is 0 Å². The lowest BCUT2D eigenvalue weighted by atomic mass is 10.2. The Morgan fingerprint density at radius 2 is 2.22 bits per heavy atom. The Labute approximate surface area is 103 Å². The Kier molecular flexibility index (Phi) is 3.27. The van der Waals surface area contributed by atoms with Crippen LogP contribution in [0.1, 0.15) is 5.56 Å². The number of halogens is 1. The van der Waals surface area contributed by atoms with Crippen LogP contribution in [0, 0.1) is 15.9 Å². The molecule has 18 heavy (non-hydrogen) atoms. The third kappa shape index (κ3) is 2.65. The molecule has 1 heterocycles. The Hall–Kier alpha value is -2.37. The molecule has 0 fully saturated rings. The van der Waals surface area contributed by atoms with Gasteiger partial charge in [0, 0.05) is 38.1 Å². The predicted octanol–water partition coefficient (Wildman–Crippen LogP) is 2.68. The second-order valence-electron chi connectivity index (χ2n) is 3.96. The molecule has 0 atom stereocenters. The van der Waals surface area contributed by atoms with Gasteiger partial charge in [-0.05, 0) is 17.7 Å². The standard InChI is InChI=1S/C12H12FN3O2/c1-15-5-4-9(8-15)7-14-12-6-10(16(17)18)2-3-11(12)13/h2-6,8,14H,7H2,1H3. The van der Waals surface area contributed by atoms with Crippen LogP contribution in [0.25, 0.3) is 0 Å². The van der Waals surface area contributed by atoms with Gasteiger partial charge in [-0.15, -0.1) is 0 Å². The number of hydrogen-bond donors (Lipinski definition) is 1. The van der Waals surface area contributed by atoms with Gasteiger partial charge in [0.15, 0.2) is 0 Å². The summed E-state index contributed by atoms with van der Waals surface area (Å²) < 4.78 is 15.3. The number of anilines is 1. The summed E-state index contributed by atoms with van der Waals surface area (Å²) in [5.74, 6) is -0.503. The highest BCUT2D eigenvalue weighted by molar-refractivity contribution is 5.52. The average molecular weight is 249 g/mol. The van der Waals surface area contributed by atoms with Crippen LogP contribution >= 0.6 is 0 Å². The number of rotatable bonds is 4. The van der Waals surface area contributed by atoms with E-state index in [2.05, 4.69) is 5.32 Å². The summed E-state index contributed by atoms with van der Waals surface area (Å²) in [5, 5.41) is 13.4. The second-order valence-corrected chi connectivity index (χ2v) is 3.96. The Morgan fingerprint density at radius 1 is 1.44 bits per heavy atom. The van der Waals surface area contributed by atoms with Crippen molar-refractivity contribution in [1.82, 2.24) is 4.57 Å². The topological polar surface area (TPSA) is 60.1 Å². The van der Waals surface area contributed by atoms with Crippen LogP contribution in [0.15, 0.2) is 36.7 Å². The number of benzene rings is 1.